The Kier molecular flexibility index (Phi) is 5.64. The van der Waals surface area contributed by atoms with Gasteiger partial charge in [-0.2, -0.15) is 0 Å². The molecular weight excluding hydrogens is 378 g/mol. The monoisotopic (exact) mass is 401 g/mol. The van der Waals surface area contributed by atoms with Crippen LogP contribution in [0.3, 0.4) is 0 Å². The smallest absolute Gasteiger partial charge is 0.253 e. The van der Waals surface area contributed by atoms with E-state index in [0.717, 1.165) is 56.9 Å². The fraction of sp³-hybridized carbons (Fsp3) is 0.450. The molecule has 0 radical (unpaired) electrons. The van der Waals surface area contributed by atoms with Crippen molar-refractivity contribution in [2.45, 2.75) is 6.92 Å². The molecule has 0 N–H and O–H groups in total. The number of halogens is 1. The fourth-order valence-corrected chi connectivity index (χ4v) is 3.69. The first kappa shape index (κ1) is 19.0. The van der Waals surface area contributed by atoms with Crippen molar-refractivity contribution < 1.29 is 9.53 Å². The third-order valence-electron chi connectivity index (χ3n) is 5.13. The van der Waals surface area contributed by atoms with Crippen molar-refractivity contribution in [3.63, 3.8) is 0 Å². The second kappa shape index (κ2) is 8.32. The van der Waals surface area contributed by atoms with E-state index in [9.17, 15) is 4.79 Å². The molecule has 0 spiro atoms. The summed E-state index contributed by atoms with van der Waals surface area (Å²) in [5.74, 6) is 2.68. The molecule has 2 aromatic rings. The quantitative estimate of drug-likeness (QED) is 0.786. The highest BCUT2D eigenvalue weighted by Gasteiger charge is 2.24. The van der Waals surface area contributed by atoms with Gasteiger partial charge in [0, 0.05) is 55.9 Å². The van der Waals surface area contributed by atoms with Crippen molar-refractivity contribution in [1.29, 1.82) is 0 Å². The van der Waals surface area contributed by atoms with Crippen LogP contribution in [-0.2, 0) is 4.74 Å². The minimum atomic E-state index is 0.0455. The summed E-state index contributed by atoms with van der Waals surface area (Å²) in [6.07, 6.45) is 0. The Balaban J connectivity index is 1.42. The summed E-state index contributed by atoms with van der Waals surface area (Å²) in [7, 11) is 0. The highest BCUT2D eigenvalue weighted by molar-refractivity contribution is 6.30. The molecule has 2 saturated heterocycles. The Morgan fingerprint density at radius 1 is 0.929 bits per heavy atom. The van der Waals surface area contributed by atoms with Crippen LogP contribution in [0.4, 0.5) is 11.6 Å². The molecule has 1 aromatic heterocycles. The van der Waals surface area contributed by atoms with Crippen molar-refractivity contribution in [3.05, 3.63) is 46.7 Å². The summed E-state index contributed by atoms with van der Waals surface area (Å²) in [6.45, 7) is 7.89. The molecule has 8 heteroatoms. The average Bonchev–Trinajstić information content (AvgIpc) is 2.74. The number of amides is 1. The first-order valence-corrected chi connectivity index (χ1v) is 9.96. The van der Waals surface area contributed by atoms with Crippen LogP contribution < -0.4 is 9.80 Å². The maximum Gasteiger partial charge on any atom is 0.253 e. The molecule has 1 aromatic carbocycles. The zero-order valence-electron chi connectivity index (χ0n) is 16.0. The number of carbonyl (C=O) groups is 1. The van der Waals surface area contributed by atoms with Gasteiger partial charge in [-0.15, -0.1) is 0 Å². The average molecular weight is 402 g/mol. The van der Waals surface area contributed by atoms with Crippen LogP contribution in [0.2, 0.25) is 5.02 Å². The van der Waals surface area contributed by atoms with Gasteiger partial charge in [0.25, 0.3) is 5.91 Å². The number of anilines is 2. The van der Waals surface area contributed by atoms with Gasteiger partial charge in [0.05, 0.1) is 13.2 Å². The number of aromatic nitrogens is 2. The topological polar surface area (TPSA) is 61.8 Å². The highest BCUT2D eigenvalue weighted by atomic mass is 35.5. The SMILES string of the molecule is Cc1nc(N2CCOCC2)cc(N2CCN(C(=O)c3ccc(Cl)cc3)CC2)n1. The summed E-state index contributed by atoms with van der Waals surface area (Å²) in [6, 6.07) is 9.11. The molecule has 2 aliphatic rings. The fourth-order valence-electron chi connectivity index (χ4n) is 3.57. The molecule has 0 atom stereocenters. The number of nitrogens with zero attached hydrogens (tertiary/aromatic N) is 5. The van der Waals surface area contributed by atoms with Gasteiger partial charge in [0.15, 0.2) is 0 Å². The van der Waals surface area contributed by atoms with Crippen LogP contribution in [0.15, 0.2) is 30.3 Å². The number of rotatable bonds is 3. The van der Waals surface area contributed by atoms with Gasteiger partial charge in [0.1, 0.15) is 17.5 Å². The van der Waals surface area contributed by atoms with E-state index in [4.69, 9.17) is 16.3 Å². The summed E-state index contributed by atoms with van der Waals surface area (Å²) in [5, 5.41) is 0.636. The molecule has 0 unspecified atom stereocenters. The van der Waals surface area contributed by atoms with Gasteiger partial charge < -0.3 is 19.4 Å². The third kappa shape index (κ3) is 4.20. The van der Waals surface area contributed by atoms with E-state index in [1.165, 1.54) is 0 Å². The van der Waals surface area contributed by atoms with Crippen LogP contribution in [-0.4, -0.2) is 73.3 Å². The first-order valence-electron chi connectivity index (χ1n) is 9.58. The molecular formula is C20H24ClN5O2. The van der Waals surface area contributed by atoms with Gasteiger partial charge in [-0.05, 0) is 31.2 Å². The van der Waals surface area contributed by atoms with E-state index in [1.54, 1.807) is 24.3 Å². The van der Waals surface area contributed by atoms with Gasteiger partial charge >= 0.3 is 0 Å². The number of benzene rings is 1. The Labute approximate surface area is 169 Å². The zero-order chi connectivity index (χ0) is 19.5. The van der Waals surface area contributed by atoms with Crippen molar-refractivity contribution in [2.75, 3.05) is 62.3 Å². The standard InChI is InChI=1S/C20H24ClN5O2/c1-15-22-18(14-19(23-15)25-10-12-28-13-11-25)24-6-8-26(9-7-24)20(27)16-2-4-17(21)5-3-16/h2-5,14H,6-13H2,1H3. The van der Waals surface area contributed by atoms with E-state index >= 15 is 0 Å². The second-order valence-corrected chi connectivity index (χ2v) is 7.45. The Hall–Kier alpha value is -2.38. The number of hydrogen-bond acceptors (Lipinski definition) is 6. The third-order valence-corrected chi connectivity index (χ3v) is 5.38. The minimum Gasteiger partial charge on any atom is -0.378 e. The van der Waals surface area contributed by atoms with E-state index in [2.05, 4.69) is 25.8 Å². The lowest BCUT2D eigenvalue weighted by atomic mass is 10.2. The van der Waals surface area contributed by atoms with Gasteiger partial charge in [-0.25, -0.2) is 9.97 Å². The number of aryl methyl sites for hydroxylation is 1. The second-order valence-electron chi connectivity index (χ2n) is 7.02. The molecule has 7 nitrogen and oxygen atoms in total. The van der Waals surface area contributed by atoms with Crippen LogP contribution in [0, 0.1) is 6.92 Å². The van der Waals surface area contributed by atoms with E-state index in [1.807, 2.05) is 11.8 Å². The molecule has 2 aliphatic heterocycles. The van der Waals surface area contributed by atoms with Gasteiger partial charge in [-0.1, -0.05) is 11.6 Å². The van der Waals surface area contributed by atoms with Crippen LogP contribution >= 0.6 is 11.6 Å². The minimum absolute atomic E-state index is 0.0455. The first-order chi connectivity index (χ1) is 13.6. The molecule has 1 amide bonds. The summed E-state index contributed by atoms with van der Waals surface area (Å²) < 4.78 is 5.43. The molecule has 0 bridgehead atoms. The summed E-state index contributed by atoms with van der Waals surface area (Å²) >= 11 is 5.92. The molecule has 148 valence electrons. The van der Waals surface area contributed by atoms with E-state index < -0.39 is 0 Å². The van der Waals surface area contributed by atoms with Gasteiger partial charge in [0.2, 0.25) is 0 Å². The molecule has 28 heavy (non-hydrogen) atoms. The van der Waals surface area contributed by atoms with Gasteiger partial charge in [-0.3, -0.25) is 4.79 Å². The Morgan fingerprint density at radius 3 is 2.11 bits per heavy atom. The van der Waals surface area contributed by atoms with Crippen molar-refractivity contribution in [2.24, 2.45) is 0 Å². The van der Waals surface area contributed by atoms with Crippen LogP contribution in [0.5, 0.6) is 0 Å². The lowest BCUT2D eigenvalue weighted by Crippen LogP contribution is -2.49. The van der Waals surface area contributed by atoms with E-state index in [0.29, 0.717) is 23.7 Å². The molecule has 2 fully saturated rings. The highest BCUT2D eigenvalue weighted by Crippen LogP contribution is 2.22. The maximum atomic E-state index is 12.7. The lowest BCUT2D eigenvalue weighted by Gasteiger charge is -2.36. The normalized spacial score (nSPS) is 17.7. The maximum absolute atomic E-state index is 12.7. The summed E-state index contributed by atoms with van der Waals surface area (Å²) in [4.78, 5) is 28.3. The van der Waals surface area contributed by atoms with Crippen molar-refractivity contribution in [3.8, 4) is 0 Å². The lowest BCUT2D eigenvalue weighted by molar-refractivity contribution is 0.0746. The predicted octanol–water partition coefficient (Wildman–Crippen LogP) is 2.24. The number of ether oxygens (including phenoxy) is 1. The Bertz CT molecular complexity index is 831. The molecule has 0 aliphatic carbocycles. The van der Waals surface area contributed by atoms with Crippen LogP contribution in [0.25, 0.3) is 0 Å². The molecule has 0 saturated carbocycles. The van der Waals surface area contributed by atoms with Crippen molar-refractivity contribution >= 4 is 29.1 Å². The largest absolute Gasteiger partial charge is 0.378 e. The number of hydrogen-bond donors (Lipinski definition) is 0. The number of carbonyl (C=O) groups excluding carboxylic acids is 1. The number of morpholine rings is 1. The summed E-state index contributed by atoms with van der Waals surface area (Å²) in [5.41, 5.74) is 0.672. The zero-order valence-corrected chi connectivity index (χ0v) is 16.7. The van der Waals surface area contributed by atoms with Crippen LogP contribution in [0.1, 0.15) is 16.2 Å². The molecule has 4 rings (SSSR count). The van der Waals surface area contributed by atoms with E-state index in [-0.39, 0.29) is 5.91 Å². The predicted molar refractivity (Wildman–Crippen MR) is 109 cm³/mol. The molecule has 3 heterocycles. The van der Waals surface area contributed by atoms with Crippen molar-refractivity contribution in [1.82, 2.24) is 14.9 Å². The number of piperazine rings is 1. The Morgan fingerprint density at radius 2 is 1.50 bits per heavy atom.